The van der Waals surface area contributed by atoms with Crippen LogP contribution in [0.4, 0.5) is 0 Å². The number of nitrogens with zero attached hydrogens (tertiary/aromatic N) is 1. The van der Waals surface area contributed by atoms with E-state index in [1.165, 1.54) is 0 Å². The second-order valence-corrected chi connectivity index (χ2v) is 6.04. The largest absolute Gasteiger partial charge is 0.481 e. The van der Waals surface area contributed by atoms with Crippen molar-refractivity contribution in [1.82, 2.24) is 4.90 Å². The van der Waals surface area contributed by atoms with Gasteiger partial charge in [-0.15, -0.1) is 0 Å². The lowest BCUT2D eigenvalue weighted by atomic mass is 9.84. The van der Waals surface area contributed by atoms with Gasteiger partial charge in [-0.3, -0.25) is 9.59 Å². The van der Waals surface area contributed by atoms with Gasteiger partial charge in [0.25, 0.3) is 0 Å². The highest BCUT2D eigenvalue weighted by molar-refractivity contribution is 9.10. The van der Waals surface area contributed by atoms with Crippen LogP contribution in [-0.4, -0.2) is 28.4 Å². The smallest absolute Gasteiger partial charge is 0.308 e. The number of amides is 1. The Morgan fingerprint density at radius 1 is 1.55 bits per heavy atom. The molecule has 2 unspecified atom stereocenters. The summed E-state index contributed by atoms with van der Waals surface area (Å²) in [4.78, 5) is 25.1. The van der Waals surface area contributed by atoms with Gasteiger partial charge < -0.3 is 10.0 Å². The van der Waals surface area contributed by atoms with Crippen molar-refractivity contribution in [3.63, 3.8) is 0 Å². The number of carboxylic acids is 1. The summed E-state index contributed by atoms with van der Waals surface area (Å²) < 4.78 is 0.704. The molecule has 0 spiro atoms. The first-order chi connectivity index (χ1) is 9.45. The van der Waals surface area contributed by atoms with Crippen molar-refractivity contribution in [2.45, 2.75) is 25.8 Å². The van der Waals surface area contributed by atoms with Crippen LogP contribution in [0.1, 0.15) is 31.4 Å². The molecule has 0 aliphatic carbocycles. The Balaban J connectivity index is 2.46. The molecule has 1 N–H and O–H groups in total. The molecule has 4 nitrogen and oxygen atoms in total. The number of carbonyl (C=O) groups excluding carboxylic acids is 1. The van der Waals surface area contributed by atoms with Gasteiger partial charge in [0, 0.05) is 17.4 Å². The fraction of sp³-hybridized carbons (Fsp3) is 0.429. The van der Waals surface area contributed by atoms with Gasteiger partial charge >= 0.3 is 5.97 Å². The predicted molar refractivity (Wildman–Crippen MR) is 79.6 cm³/mol. The van der Waals surface area contributed by atoms with Crippen LogP contribution in [0.2, 0.25) is 5.02 Å². The number of rotatable bonds is 3. The Bertz CT molecular complexity index is 547. The average Bonchev–Trinajstić information content (AvgIpc) is 2.41. The summed E-state index contributed by atoms with van der Waals surface area (Å²) in [5, 5.41) is 9.98. The van der Waals surface area contributed by atoms with Crippen LogP contribution in [0, 0.1) is 5.92 Å². The maximum Gasteiger partial charge on any atom is 0.308 e. The molecule has 2 rings (SSSR count). The quantitative estimate of drug-likeness (QED) is 0.897. The number of likely N-dealkylation sites (tertiary alicyclic amines) is 1. The molecule has 20 heavy (non-hydrogen) atoms. The lowest BCUT2D eigenvalue weighted by Gasteiger charge is -2.39. The highest BCUT2D eigenvalue weighted by Gasteiger charge is 2.40. The van der Waals surface area contributed by atoms with Gasteiger partial charge in [0.15, 0.2) is 0 Å². The standard InChI is InChI=1S/C14H15BrClNO3/c1-2-17-12(18)6-4-9(14(19)20)13(17)8-3-5-11(16)10(15)7-8/h3,5,7,9,13H,2,4,6H2,1H3,(H,19,20). The minimum absolute atomic E-state index is 0.000993. The van der Waals surface area contributed by atoms with Gasteiger partial charge in [0.2, 0.25) is 5.91 Å². The molecule has 1 aromatic rings. The molecular formula is C14H15BrClNO3. The van der Waals surface area contributed by atoms with Crippen LogP contribution in [0.25, 0.3) is 0 Å². The molecule has 1 fully saturated rings. The second-order valence-electron chi connectivity index (χ2n) is 4.78. The summed E-state index contributed by atoms with van der Waals surface area (Å²) in [6.07, 6.45) is 0.658. The molecule has 0 bridgehead atoms. The minimum atomic E-state index is -0.868. The molecule has 1 amide bonds. The average molecular weight is 361 g/mol. The number of piperidine rings is 1. The monoisotopic (exact) mass is 359 g/mol. The number of aliphatic carboxylic acids is 1. The van der Waals surface area contributed by atoms with E-state index < -0.39 is 17.9 Å². The van der Waals surface area contributed by atoms with Crippen LogP contribution in [0.3, 0.4) is 0 Å². The van der Waals surface area contributed by atoms with Crippen molar-refractivity contribution in [2.24, 2.45) is 5.92 Å². The van der Waals surface area contributed by atoms with E-state index in [0.717, 1.165) is 5.56 Å². The molecule has 1 aromatic carbocycles. The number of benzene rings is 1. The topological polar surface area (TPSA) is 57.6 Å². The maximum atomic E-state index is 12.0. The summed E-state index contributed by atoms with van der Waals surface area (Å²) in [6, 6.07) is 4.86. The molecule has 1 aliphatic heterocycles. The summed E-state index contributed by atoms with van der Waals surface area (Å²) in [7, 11) is 0. The first-order valence-electron chi connectivity index (χ1n) is 6.43. The van der Waals surface area contributed by atoms with Gasteiger partial charge in [-0.1, -0.05) is 17.7 Å². The highest BCUT2D eigenvalue weighted by Crippen LogP contribution is 2.38. The van der Waals surface area contributed by atoms with Gasteiger partial charge in [-0.05, 0) is 47.0 Å². The zero-order valence-electron chi connectivity index (χ0n) is 11.0. The van der Waals surface area contributed by atoms with Gasteiger partial charge in [-0.25, -0.2) is 0 Å². The third-order valence-electron chi connectivity index (χ3n) is 3.65. The molecule has 6 heteroatoms. The number of halogens is 2. The zero-order chi connectivity index (χ0) is 14.9. The summed E-state index contributed by atoms with van der Waals surface area (Å²) in [5.74, 6) is -1.45. The first kappa shape index (κ1) is 15.3. The summed E-state index contributed by atoms with van der Waals surface area (Å²) in [6.45, 7) is 2.35. The Hall–Kier alpha value is -1.07. The molecule has 0 aromatic heterocycles. The molecular weight excluding hydrogens is 346 g/mol. The number of hydrogen-bond acceptors (Lipinski definition) is 2. The number of carbonyl (C=O) groups is 2. The summed E-state index contributed by atoms with van der Waals surface area (Å²) >= 11 is 9.32. The molecule has 1 aliphatic rings. The zero-order valence-corrected chi connectivity index (χ0v) is 13.3. The minimum Gasteiger partial charge on any atom is -0.481 e. The van der Waals surface area contributed by atoms with Crippen molar-refractivity contribution in [3.8, 4) is 0 Å². The van der Waals surface area contributed by atoms with E-state index in [-0.39, 0.29) is 12.3 Å². The molecule has 1 saturated heterocycles. The van der Waals surface area contributed by atoms with Gasteiger partial charge in [-0.2, -0.15) is 0 Å². The second kappa shape index (κ2) is 6.14. The SMILES string of the molecule is CCN1C(=O)CCC(C(=O)O)C1c1ccc(Cl)c(Br)c1. The molecule has 108 valence electrons. The van der Waals surface area contributed by atoms with Gasteiger partial charge in [0.1, 0.15) is 0 Å². The lowest BCUT2D eigenvalue weighted by Crippen LogP contribution is -2.45. The van der Waals surface area contributed by atoms with Crippen LogP contribution >= 0.6 is 27.5 Å². The third-order valence-corrected chi connectivity index (χ3v) is 4.86. The van der Waals surface area contributed by atoms with E-state index in [0.29, 0.717) is 22.5 Å². The number of hydrogen-bond donors (Lipinski definition) is 1. The Morgan fingerprint density at radius 2 is 2.25 bits per heavy atom. The molecule has 2 atom stereocenters. The van der Waals surface area contributed by atoms with Crippen LogP contribution in [0.5, 0.6) is 0 Å². The van der Waals surface area contributed by atoms with Crippen molar-refractivity contribution in [1.29, 1.82) is 0 Å². The first-order valence-corrected chi connectivity index (χ1v) is 7.60. The van der Waals surface area contributed by atoms with E-state index in [4.69, 9.17) is 11.6 Å². The molecule has 1 heterocycles. The number of carboxylic acid groups (broad SMARTS) is 1. The van der Waals surface area contributed by atoms with Crippen LogP contribution in [-0.2, 0) is 9.59 Å². The summed E-state index contributed by atoms with van der Waals surface area (Å²) in [5.41, 5.74) is 0.795. The Labute approximate surface area is 130 Å². The van der Waals surface area contributed by atoms with Crippen LogP contribution < -0.4 is 0 Å². The third kappa shape index (κ3) is 2.83. The lowest BCUT2D eigenvalue weighted by molar-refractivity contribution is -0.151. The predicted octanol–water partition coefficient (Wildman–Crippen LogP) is 3.49. The van der Waals surface area contributed by atoms with Crippen LogP contribution in [0.15, 0.2) is 22.7 Å². The van der Waals surface area contributed by atoms with E-state index in [1.54, 1.807) is 23.1 Å². The van der Waals surface area contributed by atoms with Crippen molar-refractivity contribution < 1.29 is 14.7 Å². The van der Waals surface area contributed by atoms with Crippen molar-refractivity contribution >= 4 is 39.4 Å². The van der Waals surface area contributed by atoms with E-state index >= 15 is 0 Å². The van der Waals surface area contributed by atoms with E-state index in [1.807, 2.05) is 6.92 Å². The highest BCUT2D eigenvalue weighted by atomic mass is 79.9. The normalized spacial score (nSPS) is 22.9. The Morgan fingerprint density at radius 3 is 2.80 bits per heavy atom. The molecule has 0 saturated carbocycles. The van der Waals surface area contributed by atoms with E-state index in [9.17, 15) is 14.7 Å². The molecule has 0 radical (unpaired) electrons. The van der Waals surface area contributed by atoms with Crippen molar-refractivity contribution in [3.05, 3.63) is 33.3 Å². The fourth-order valence-electron chi connectivity index (χ4n) is 2.69. The Kier molecular flexibility index (Phi) is 4.70. The van der Waals surface area contributed by atoms with E-state index in [2.05, 4.69) is 15.9 Å². The fourth-order valence-corrected chi connectivity index (χ4v) is 3.21. The maximum absolute atomic E-state index is 12.0. The van der Waals surface area contributed by atoms with Crippen molar-refractivity contribution in [2.75, 3.05) is 6.54 Å². The van der Waals surface area contributed by atoms with Gasteiger partial charge in [0.05, 0.1) is 17.0 Å².